The van der Waals surface area contributed by atoms with Gasteiger partial charge in [-0.25, -0.2) is 0 Å². The lowest BCUT2D eigenvalue weighted by Crippen LogP contribution is -2.37. The number of likely N-dealkylation sites (tertiary alicyclic amines) is 1. The molecule has 1 aromatic rings. The topological polar surface area (TPSA) is 26.7 Å². The molecule has 1 fully saturated rings. The van der Waals surface area contributed by atoms with Crippen molar-refractivity contribution < 1.29 is 5.11 Å². The van der Waals surface area contributed by atoms with Gasteiger partial charge in [-0.1, -0.05) is 18.2 Å². The summed E-state index contributed by atoms with van der Waals surface area (Å²) >= 11 is 0. The molecule has 2 atom stereocenters. The third-order valence-corrected chi connectivity index (χ3v) is 4.22. The van der Waals surface area contributed by atoms with Crippen LogP contribution in [0, 0.1) is 0 Å². The minimum Gasteiger partial charge on any atom is -0.508 e. The predicted molar refractivity (Wildman–Crippen MR) is 74.8 cm³/mol. The van der Waals surface area contributed by atoms with E-state index in [0.717, 1.165) is 12.1 Å². The van der Waals surface area contributed by atoms with Crippen molar-refractivity contribution in [1.29, 1.82) is 0 Å². The summed E-state index contributed by atoms with van der Waals surface area (Å²) in [5, 5.41) is 9.91. The molecular formula is C15H24N2O. The molecule has 0 aliphatic carbocycles. The summed E-state index contributed by atoms with van der Waals surface area (Å²) in [7, 11) is 4.35. The van der Waals surface area contributed by atoms with Crippen LogP contribution in [-0.4, -0.2) is 48.1 Å². The Hall–Kier alpha value is -1.06. The van der Waals surface area contributed by atoms with Crippen LogP contribution >= 0.6 is 0 Å². The number of hydrogen-bond donors (Lipinski definition) is 1. The maximum Gasteiger partial charge on any atom is 0.120 e. The summed E-state index contributed by atoms with van der Waals surface area (Å²) < 4.78 is 0. The molecule has 2 unspecified atom stereocenters. The fraction of sp³-hybridized carbons (Fsp3) is 0.600. The van der Waals surface area contributed by atoms with Crippen LogP contribution in [0.1, 0.15) is 31.4 Å². The number of aromatic hydroxyl groups is 1. The average Bonchev–Trinajstić information content (AvgIpc) is 2.75. The van der Waals surface area contributed by atoms with Crippen LogP contribution in [0.2, 0.25) is 0 Å². The van der Waals surface area contributed by atoms with Gasteiger partial charge >= 0.3 is 0 Å². The Bertz CT molecular complexity index is 394. The van der Waals surface area contributed by atoms with Crippen LogP contribution in [-0.2, 0) is 0 Å². The Balaban J connectivity index is 2.00. The molecule has 1 aromatic carbocycles. The second-order valence-electron chi connectivity index (χ2n) is 5.45. The van der Waals surface area contributed by atoms with E-state index in [4.69, 9.17) is 0 Å². The third kappa shape index (κ3) is 2.85. The Morgan fingerprint density at radius 1 is 1.44 bits per heavy atom. The predicted octanol–water partition coefficient (Wildman–Crippen LogP) is 2.48. The quantitative estimate of drug-likeness (QED) is 0.887. The smallest absolute Gasteiger partial charge is 0.120 e. The molecule has 1 aliphatic rings. The molecule has 0 saturated carbocycles. The highest BCUT2D eigenvalue weighted by atomic mass is 16.3. The van der Waals surface area contributed by atoms with Gasteiger partial charge in [-0.05, 0) is 46.5 Å². The highest BCUT2D eigenvalue weighted by molar-refractivity contribution is 5.34. The van der Waals surface area contributed by atoms with E-state index in [-0.39, 0.29) is 6.04 Å². The number of nitrogens with zero attached hydrogens (tertiary/aromatic N) is 2. The van der Waals surface area contributed by atoms with E-state index in [1.807, 2.05) is 18.2 Å². The summed E-state index contributed by atoms with van der Waals surface area (Å²) in [4.78, 5) is 4.77. The molecule has 18 heavy (non-hydrogen) atoms. The number of phenols is 1. The van der Waals surface area contributed by atoms with Gasteiger partial charge in [0.25, 0.3) is 0 Å². The molecule has 1 saturated heterocycles. The Morgan fingerprint density at radius 2 is 2.17 bits per heavy atom. The van der Waals surface area contributed by atoms with Crippen molar-refractivity contribution in [3.63, 3.8) is 0 Å². The Labute approximate surface area is 110 Å². The van der Waals surface area contributed by atoms with E-state index in [1.165, 1.54) is 19.4 Å². The lowest BCUT2D eigenvalue weighted by atomic mass is 10.1. The molecule has 1 aliphatic heterocycles. The SMILES string of the molecule is CC(c1ccccc1O)N(C)CC1CCCN1C. The molecule has 1 heterocycles. The van der Waals surface area contributed by atoms with Crippen molar-refractivity contribution in [2.75, 3.05) is 27.2 Å². The van der Waals surface area contributed by atoms with E-state index in [1.54, 1.807) is 6.07 Å². The number of para-hydroxylation sites is 1. The number of phenolic OH excluding ortho intramolecular Hbond substituents is 1. The Morgan fingerprint density at radius 3 is 2.78 bits per heavy atom. The first-order valence-corrected chi connectivity index (χ1v) is 6.78. The number of hydrogen-bond acceptors (Lipinski definition) is 3. The summed E-state index contributed by atoms with van der Waals surface area (Å²) in [6.45, 7) is 4.43. The zero-order valence-electron chi connectivity index (χ0n) is 11.6. The standard InChI is InChI=1S/C15H24N2O/c1-12(14-8-4-5-9-15(14)18)17(3)11-13-7-6-10-16(13)2/h4-5,8-9,12-13,18H,6-7,10-11H2,1-3H3. The first kappa shape index (κ1) is 13.4. The molecule has 0 spiro atoms. The molecule has 100 valence electrons. The average molecular weight is 248 g/mol. The van der Waals surface area contributed by atoms with Crippen LogP contribution in [0.5, 0.6) is 5.75 Å². The van der Waals surface area contributed by atoms with Crippen LogP contribution in [0.4, 0.5) is 0 Å². The van der Waals surface area contributed by atoms with Gasteiger partial charge in [0.2, 0.25) is 0 Å². The maximum atomic E-state index is 9.91. The van der Waals surface area contributed by atoms with Gasteiger partial charge in [-0.15, -0.1) is 0 Å². The first-order chi connectivity index (χ1) is 8.59. The number of benzene rings is 1. The number of rotatable bonds is 4. The maximum absolute atomic E-state index is 9.91. The van der Waals surface area contributed by atoms with Gasteiger partial charge in [0.15, 0.2) is 0 Å². The van der Waals surface area contributed by atoms with Crippen molar-refractivity contribution in [3.8, 4) is 5.75 Å². The zero-order chi connectivity index (χ0) is 13.1. The number of likely N-dealkylation sites (N-methyl/N-ethyl adjacent to an activating group) is 2. The normalized spacial score (nSPS) is 22.6. The Kier molecular flexibility index (Phi) is 4.25. The third-order valence-electron chi connectivity index (χ3n) is 4.22. The van der Waals surface area contributed by atoms with Crippen molar-refractivity contribution in [3.05, 3.63) is 29.8 Å². The molecule has 3 nitrogen and oxygen atoms in total. The van der Waals surface area contributed by atoms with Crippen LogP contribution < -0.4 is 0 Å². The second kappa shape index (κ2) is 5.72. The lowest BCUT2D eigenvalue weighted by molar-refractivity contribution is 0.183. The van der Waals surface area contributed by atoms with E-state index in [2.05, 4.69) is 30.8 Å². The van der Waals surface area contributed by atoms with Gasteiger partial charge in [0.1, 0.15) is 5.75 Å². The van der Waals surface area contributed by atoms with Crippen molar-refractivity contribution in [2.45, 2.75) is 31.8 Å². The van der Waals surface area contributed by atoms with Crippen molar-refractivity contribution >= 4 is 0 Å². The van der Waals surface area contributed by atoms with E-state index >= 15 is 0 Å². The van der Waals surface area contributed by atoms with E-state index in [9.17, 15) is 5.11 Å². The van der Waals surface area contributed by atoms with E-state index in [0.29, 0.717) is 11.8 Å². The molecule has 0 radical (unpaired) electrons. The molecule has 0 bridgehead atoms. The highest BCUT2D eigenvalue weighted by Gasteiger charge is 2.24. The van der Waals surface area contributed by atoms with Gasteiger partial charge < -0.3 is 10.0 Å². The first-order valence-electron chi connectivity index (χ1n) is 6.78. The van der Waals surface area contributed by atoms with Crippen molar-refractivity contribution in [2.24, 2.45) is 0 Å². The fourth-order valence-electron chi connectivity index (χ4n) is 2.78. The summed E-state index contributed by atoms with van der Waals surface area (Å²) in [5.41, 5.74) is 1.01. The van der Waals surface area contributed by atoms with Crippen LogP contribution in [0.3, 0.4) is 0 Å². The lowest BCUT2D eigenvalue weighted by Gasteiger charge is -2.30. The summed E-state index contributed by atoms with van der Waals surface area (Å²) in [5.74, 6) is 0.400. The van der Waals surface area contributed by atoms with Gasteiger partial charge in [0, 0.05) is 24.2 Å². The van der Waals surface area contributed by atoms with Crippen molar-refractivity contribution in [1.82, 2.24) is 9.80 Å². The van der Waals surface area contributed by atoms with Crippen LogP contribution in [0.25, 0.3) is 0 Å². The van der Waals surface area contributed by atoms with E-state index < -0.39 is 0 Å². The van der Waals surface area contributed by atoms with Gasteiger partial charge in [0.05, 0.1) is 0 Å². The highest BCUT2D eigenvalue weighted by Crippen LogP contribution is 2.28. The van der Waals surface area contributed by atoms with Gasteiger partial charge in [-0.3, -0.25) is 4.90 Å². The molecule has 1 N–H and O–H groups in total. The zero-order valence-corrected chi connectivity index (χ0v) is 11.6. The molecule has 2 rings (SSSR count). The summed E-state index contributed by atoms with van der Waals surface area (Å²) in [6, 6.07) is 8.54. The second-order valence-corrected chi connectivity index (χ2v) is 5.45. The monoisotopic (exact) mass is 248 g/mol. The fourth-order valence-corrected chi connectivity index (χ4v) is 2.78. The molecule has 3 heteroatoms. The molecule has 0 aromatic heterocycles. The molecule has 0 amide bonds. The minimum atomic E-state index is 0.250. The summed E-state index contributed by atoms with van der Waals surface area (Å²) in [6.07, 6.45) is 2.59. The molecular weight excluding hydrogens is 224 g/mol. The van der Waals surface area contributed by atoms with Gasteiger partial charge in [-0.2, -0.15) is 0 Å². The van der Waals surface area contributed by atoms with Crippen LogP contribution in [0.15, 0.2) is 24.3 Å². The minimum absolute atomic E-state index is 0.250. The largest absolute Gasteiger partial charge is 0.508 e.